The summed E-state index contributed by atoms with van der Waals surface area (Å²) in [4.78, 5) is 15.7. The first-order chi connectivity index (χ1) is 9.81. The molecule has 8 heteroatoms. The van der Waals surface area contributed by atoms with Crippen molar-refractivity contribution in [2.24, 2.45) is 0 Å². The van der Waals surface area contributed by atoms with E-state index in [0.717, 1.165) is 18.7 Å². The Labute approximate surface area is 120 Å². The van der Waals surface area contributed by atoms with Gasteiger partial charge in [0, 0.05) is 36.7 Å². The quantitative estimate of drug-likeness (QED) is 0.897. The summed E-state index contributed by atoms with van der Waals surface area (Å²) in [5, 5.41) is 13.4. The van der Waals surface area contributed by atoms with Crippen molar-refractivity contribution in [1.82, 2.24) is 20.0 Å². The summed E-state index contributed by atoms with van der Waals surface area (Å²) >= 11 is 1.40. The average Bonchev–Trinajstić information content (AvgIpc) is 3.18. The topological polar surface area (TPSA) is 81.9 Å². The Hall–Kier alpha value is -1.80. The van der Waals surface area contributed by atoms with Crippen LogP contribution >= 0.6 is 11.3 Å². The number of thiazole rings is 1. The van der Waals surface area contributed by atoms with Crippen LogP contribution in [0.3, 0.4) is 0 Å². The van der Waals surface area contributed by atoms with Crippen LogP contribution in [0.5, 0.6) is 0 Å². The Morgan fingerprint density at radius 3 is 3.30 bits per heavy atom. The van der Waals surface area contributed by atoms with Crippen LogP contribution in [-0.4, -0.2) is 39.1 Å². The maximum atomic E-state index is 11.7. The average molecular weight is 293 g/mol. The third kappa shape index (κ3) is 3.20. The van der Waals surface area contributed by atoms with Crippen molar-refractivity contribution >= 4 is 22.4 Å². The molecule has 3 rings (SSSR count). The van der Waals surface area contributed by atoms with Gasteiger partial charge in [0.2, 0.25) is 5.91 Å². The van der Waals surface area contributed by atoms with Gasteiger partial charge in [0.25, 0.3) is 0 Å². The third-order valence-corrected chi connectivity index (χ3v) is 3.84. The van der Waals surface area contributed by atoms with Crippen molar-refractivity contribution in [2.75, 3.05) is 18.5 Å². The highest BCUT2D eigenvalue weighted by Gasteiger charge is 2.20. The molecule has 0 saturated carbocycles. The van der Waals surface area contributed by atoms with E-state index in [1.807, 2.05) is 11.6 Å². The summed E-state index contributed by atoms with van der Waals surface area (Å²) in [5.74, 6) is 0.272. The Bertz CT molecular complexity index is 562. The third-order valence-electron chi connectivity index (χ3n) is 3.15. The van der Waals surface area contributed by atoms with Crippen LogP contribution in [0.4, 0.5) is 5.13 Å². The second-order valence-electron chi connectivity index (χ2n) is 4.60. The molecular weight excluding hydrogens is 278 g/mol. The van der Waals surface area contributed by atoms with Crippen LogP contribution in [0.15, 0.2) is 17.8 Å². The summed E-state index contributed by atoms with van der Waals surface area (Å²) in [6.07, 6.45) is 4.90. The van der Waals surface area contributed by atoms with Gasteiger partial charge in [0.05, 0.1) is 18.8 Å². The van der Waals surface area contributed by atoms with Gasteiger partial charge in [0.15, 0.2) is 5.13 Å². The maximum absolute atomic E-state index is 11.7. The summed E-state index contributed by atoms with van der Waals surface area (Å²) in [6.45, 7) is 2.01. The zero-order valence-corrected chi connectivity index (χ0v) is 11.7. The fourth-order valence-electron chi connectivity index (χ4n) is 2.06. The molecule has 0 unspecified atom stereocenters. The predicted octanol–water partition coefficient (Wildman–Crippen LogP) is 1.27. The predicted molar refractivity (Wildman–Crippen MR) is 73.6 cm³/mol. The van der Waals surface area contributed by atoms with Crippen LogP contribution in [-0.2, 0) is 16.1 Å². The van der Waals surface area contributed by atoms with E-state index in [4.69, 9.17) is 4.74 Å². The van der Waals surface area contributed by atoms with Crippen LogP contribution in [0, 0.1) is 0 Å². The number of amides is 1. The minimum absolute atomic E-state index is 0.0683. The lowest BCUT2D eigenvalue weighted by Crippen LogP contribution is -2.14. The highest BCUT2D eigenvalue weighted by molar-refractivity contribution is 7.13. The zero-order valence-electron chi connectivity index (χ0n) is 10.9. The van der Waals surface area contributed by atoms with Gasteiger partial charge in [-0.1, -0.05) is 5.21 Å². The van der Waals surface area contributed by atoms with Gasteiger partial charge >= 0.3 is 0 Å². The number of nitrogens with zero attached hydrogens (tertiary/aromatic N) is 4. The number of rotatable bonds is 5. The van der Waals surface area contributed by atoms with Gasteiger partial charge in [-0.2, -0.15) is 0 Å². The van der Waals surface area contributed by atoms with Crippen LogP contribution < -0.4 is 5.32 Å². The number of aromatic nitrogens is 4. The van der Waals surface area contributed by atoms with E-state index in [-0.39, 0.29) is 5.91 Å². The number of aryl methyl sites for hydroxylation is 1. The van der Waals surface area contributed by atoms with Crippen molar-refractivity contribution in [3.05, 3.63) is 23.5 Å². The Kier molecular flexibility index (Phi) is 4.03. The Morgan fingerprint density at radius 2 is 2.55 bits per heavy atom. The van der Waals surface area contributed by atoms with Crippen molar-refractivity contribution in [2.45, 2.75) is 25.3 Å². The van der Waals surface area contributed by atoms with E-state index in [1.54, 1.807) is 10.9 Å². The maximum Gasteiger partial charge on any atom is 0.228 e. The number of hydrogen-bond acceptors (Lipinski definition) is 6. The summed E-state index contributed by atoms with van der Waals surface area (Å²) in [6, 6.07) is 0. The monoisotopic (exact) mass is 293 g/mol. The fourth-order valence-corrected chi connectivity index (χ4v) is 2.61. The highest BCUT2D eigenvalue weighted by atomic mass is 32.1. The van der Waals surface area contributed by atoms with Crippen molar-refractivity contribution in [3.8, 4) is 0 Å². The number of anilines is 1. The van der Waals surface area contributed by atoms with Gasteiger partial charge in [-0.15, -0.1) is 16.4 Å². The van der Waals surface area contributed by atoms with E-state index < -0.39 is 0 Å². The SMILES string of the molecule is O=C(CCn1cc([C@@H]2CCOC2)nn1)Nc1nccs1. The van der Waals surface area contributed by atoms with Crippen LogP contribution in [0.1, 0.15) is 24.5 Å². The molecule has 7 nitrogen and oxygen atoms in total. The molecule has 0 aliphatic carbocycles. The lowest BCUT2D eigenvalue weighted by atomic mass is 10.1. The first kappa shape index (κ1) is 13.2. The normalized spacial score (nSPS) is 18.3. The number of ether oxygens (including phenoxy) is 1. The Balaban J connectivity index is 1.49. The van der Waals surface area contributed by atoms with E-state index in [2.05, 4.69) is 20.6 Å². The molecule has 106 valence electrons. The second kappa shape index (κ2) is 6.10. The second-order valence-corrected chi connectivity index (χ2v) is 5.50. The van der Waals surface area contributed by atoms with E-state index >= 15 is 0 Å². The van der Waals surface area contributed by atoms with Gasteiger partial charge in [-0.05, 0) is 6.42 Å². The van der Waals surface area contributed by atoms with Crippen molar-refractivity contribution < 1.29 is 9.53 Å². The lowest BCUT2D eigenvalue weighted by molar-refractivity contribution is -0.116. The first-order valence-electron chi connectivity index (χ1n) is 6.48. The molecule has 20 heavy (non-hydrogen) atoms. The first-order valence-corrected chi connectivity index (χ1v) is 7.36. The number of carbonyl (C=O) groups is 1. The van der Waals surface area contributed by atoms with Gasteiger partial charge in [0.1, 0.15) is 0 Å². The lowest BCUT2D eigenvalue weighted by Gasteiger charge is -2.02. The number of carbonyl (C=O) groups excluding carboxylic acids is 1. The van der Waals surface area contributed by atoms with Crippen LogP contribution in [0.2, 0.25) is 0 Å². The molecule has 1 amide bonds. The van der Waals surface area contributed by atoms with Crippen molar-refractivity contribution in [3.63, 3.8) is 0 Å². The summed E-state index contributed by atoms with van der Waals surface area (Å²) < 4.78 is 7.03. The molecule has 1 N–H and O–H groups in total. The molecule has 0 spiro atoms. The van der Waals surface area contributed by atoms with Gasteiger partial charge < -0.3 is 10.1 Å². The molecule has 3 heterocycles. The molecule has 1 fully saturated rings. The minimum atomic E-state index is -0.0683. The van der Waals surface area contributed by atoms with Crippen molar-refractivity contribution in [1.29, 1.82) is 0 Å². The van der Waals surface area contributed by atoms with E-state index in [1.165, 1.54) is 11.3 Å². The van der Waals surface area contributed by atoms with Gasteiger partial charge in [-0.25, -0.2) is 4.98 Å². The van der Waals surface area contributed by atoms with E-state index in [9.17, 15) is 4.79 Å². The number of nitrogens with one attached hydrogen (secondary N) is 1. The molecule has 1 atom stereocenters. The molecule has 0 aromatic carbocycles. The molecular formula is C12H15N5O2S. The summed E-state index contributed by atoms with van der Waals surface area (Å²) in [7, 11) is 0. The smallest absolute Gasteiger partial charge is 0.228 e. The molecule has 2 aromatic rings. The molecule has 1 aliphatic rings. The highest BCUT2D eigenvalue weighted by Crippen LogP contribution is 2.22. The molecule has 1 saturated heterocycles. The largest absolute Gasteiger partial charge is 0.381 e. The zero-order chi connectivity index (χ0) is 13.8. The Morgan fingerprint density at radius 1 is 1.60 bits per heavy atom. The molecule has 0 radical (unpaired) electrons. The fraction of sp³-hybridized carbons (Fsp3) is 0.500. The number of hydrogen-bond donors (Lipinski definition) is 1. The van der Waals surface area contributed by atoms with Gasteiger partial charge in [-0.3, -0.25) is 9.48 Å². The molecule has 2 aromatic heterocycles. The summed E-state index contributed by atoms with van der Waals surface area (Å²) in [5.41, 5.74) is 0.947. The molecule has 0 bridgehead atoms. The van der Waals surface area contributed by atoms with E-state index in [0.29, 0.717) is 30.6 Å². The minimum Gasteiger partial charge on any atom is -0.381 e. The standard InChI is InChI=1S/C12H15N5O2S/c18-11(14-12-13-3-6-20-12)1-4-17-7-10(15-16-17)9-2-5-19-8-9/h3,6-7,9H,1-2,4-5,8H2,(H,13,14,18)/t9-/m1/s1. The molecule has 1 aliphatic heterocycles. The van der Waals surface area contributed by atoms with Crippen LogP contribution in [0.25, 0.3) is 0 Å².